The van der Waals surface area contributed by atoms with Crippen molar-refractivity contribution in [2.75, 3.05) is 0 Å². The van der Waals surface area contributed by atoms with E-state index < -0.39 is 11.9 Å². The van der Waals surface area contributed by atoms with E-state index in [1.165, 1.54) is 0 Å². The maximum absolute atomic E-state index is 11.6. The van der Waals surface area contributed by atoms with Crippen molar-refractivity contribution in [1.29, 1.82) is 0 Å². The van der Waals surface area contributed by atoms with E-state index in [1.807, 2.05) is 0 Å². The lowest BCUT2D eigenvalue weighted by atomic mass is 10.1. The van der Waals surface area contributed by atoms with Gasteiger partial charge in [-0.05, 0) is 19.3 Å². The Kier molecular flexibility index (Phi) is 3.08. The fourth-order valence-corrected chi connectivity index (χ4v) is 1.98. The van der Waals surface area contributed by atoms with Crippen molar-refractivity contribution >= 4 is 11.9 Å². The second-order valence-corrected chi connectivity index (χ2v) is 4.16. The normalized spacial score (nSPS) is 23.6. The Labute approximate surface area is 97.2 Å². The van der Waals surface area contributed by atoms with E-state index in [0.29, 0.717) is 25.2 Å². The van der Waals surface area contributed by atoms with E-state index in [1.54, 1.807) is 6.92 Å². The van der Waals surface area contributed by atoms with Crippen LogP contribution in [0.15, 0.2) is 4.52 Å². The molecule has 1 aliphatic carbocycles. The number of aromatic nitrogens is 2. The van der Waals surface area contributed by atoms with Crippen molar-refractivity contribution in [3.63, 3.8) is 0 Å². The monoisotopic (exact) mass is 239 g/mol. The van der Waals surface area contributed by atoms with Crippen molar-refractivity contribution in [2.45, 2.75) is 32.2 Å². The van der Waals surface area contributed by atoms with Crippen LogP contribution in [0.2, 0.25) is 0 Å². The Morgan fingerprint density at radius 3 is 2.76 bits per heavy atom. The van der Waals surface area contributed by atoms with Crippen molar-refractivity contribution in [3.05, 3.63) is 11.7 Å². The van der Waals surface area contributed by atoms with Gasteiger partial charge in [0.15, 0.2) is 0 Å². The summed E-state index contributed by atoms with van der Waals surface area (Å²) in [5.41, 5.74) is 0. The van der Waals surface area contributed by atoms with Crippen LogP contribution in [0.4, 0.5) is 0 Å². The van der Waals surface area contributed by atoms with Gasteiger partial charge in [0.25, 0.3) is 11.7 Å². The number of hydrogen-bond donors (Lipinski definition) is 2. The van der Waals surface area contributed by atoms with Gasteiger partial charge in [-0.2, -0.15) is 4.98 Å². The number of aliphatic carboxylic acids is 1. The first kappa shape index (κ1) is 11.6. The largest absolute Gasteiger partial charge is 0.481 e. The van der Waals surface area contributed by atoms with Crippen molar-refractivity contribution in [3.8, 4) is 0 Å². The summed E-state index contributed by atoms with van der Waals surface area (Å²) in [5, 5.41) is 15.0. The van der Waals surface area contributed by atoms with Gasteiger partial charge in [-0.1, -0.05) is 5.16 Å². The highest BCUT2D eigenvalue weighted by Gasteiger charge is 2.31. The average Bonchev–Trinajstić information content (AvgIpc) is 2.86. The van der Waals surface area contributed by atoms with Gasteiger partial charge in [0, 0.05) is 13.0 Å². The van der Waals surface area contributed by atoms with Gasteiger partial charge < -0.3 is 14.9 Å². The van der Waals surface area contributed by atoms with Gasteiger partial charge in [-0.25, -0.2) is 0 Å². The smallest absolute Gasteiger partial charge is 0.306 e. The number of carbonyl (C=O) groups excluding carboxylic acids is 1. The number of hydrogen-bond acceptors (Lipinski definition) is 5. The van der Waals surface area contributed by atoms with E-state index in [2.05, 4.69) is 15.5 Å². The SMILES string of the molecule is Cc1nc(C(=O)N[C@H]2CC[C@@H](C(=O)O)C2)no1. The molecule has 1 amide bonds. The van der Waals surface area contributed by atoms with Crippen LogP contribution < -0.4 is 5.32 Å². The van der Waals surface area contributed by atoms with Gasteiger partial charge in [0.1, 0.15) is 0 Å². The molecule has 1 fully saturated rings. The predicted octanol–water partition coefficient (Wildman–Crippen LogP) is 0.361. The summed E-state index contributed by atoms with van der Waals surface area (Å²) in [4.78, 5) is 26.2. The van der Waals surface area contributed by atoms with Gasteiger partial charge in [-0.15, -0.1) is 0 Å². The number of carboxylic acid groups (broad SMARTS) is 1. The first-order valence-corrected chi connectivity index (χ1v) is 5.40. The number of rotatable bonds is 3. The summed E-state index contributed by atoms with van der Waals surface area (Å²) < 4.78 is 4.69. The summed E-state index contributed by atoms with van der Waals surface area (Å²) in [6.07, 6.45) is 1.71. The quantitative estimate of drug-likeness (QED) is 0.789. The molecule has 92 valence electrons. The first-order valence-electron chi connectivity index (χ1n) is 5.40. The molecule has 2 rings (SSSR count). The predicted molar refractivity (Wildman–Crippen MR) is 55.3 cm³/mol. The van der Waals surface area contributed by atoms with Gasteiger partial charge >= 0.3 is 5.97 Å². The minimum absolute atomic E-state index is 0.0127. The van der Waals surface area contributed by atoms with Crippen LogP contribution in [0.5, 0.6) is 0 Å². The number of amides is 1. The van der Waals surface area contributed by atoms with Gasteiger partial charge in [0.05, 0.1) is 5.92 Å². The van der Waals surface area contributed by atoms with Crippen LogP contribution in [0.25, 0.3) is 0 Å². The average molecular weight is 239 g/mol. The van der Waals surface area contributed by atoms with Crippen LogP contribution in [0, 0.1) is 12.8 Å². The molecule has 0 unspecified atom stereocenters. The summed E-state index contributed by atoms with van der Waals surface area (Å²) in [5.74, 6) is -1.28. The lowest BCUT2D eigenvalue weighted by Gasteiger charge is -2.09. The fraction of sp³-hybridized carbons (Fsp3) is 0.600. The molecule has 0 aromatic carbocycles. The molecule has 1 aliphatic rings. The maximum atomic E-state index is 11.6. The molecule has 7 nitrogen and oxygen atoms in total. The summed E-state index contributed by atoms with van der Waals surface area (Å²) in [6.45, 7) is 1.60. The summed E-state index contributed by atoms with van der Waals surface area (Å²) in [7, 11) is 0. The molecule has 17 heavy (non-hydrogen) atoms. The molecule has 0 bridgehead atoms. The van der Waals surface area contributed by atoms with E-state index in [-0.39, 0.29) is 17.8 Å². The highest BCUT2D eigenvalue weighted by molar-refractivity contribution is 5.90. The third-order valence-corrected chi connectivity index (χ3v) is 2.85. The Hall–Kier alpha value is -1.92. The van der Waals surface area contributed by atoms with Crippen LogP contribution in [-0.4, -0.2) is 33.2 Å². The molecule has 2 N–H and O–H groups in total. The highest BCUT2D eigenvalue weighted by atomic mass is 16.5. The standard InChI is InChI=1S/C10H13N3O4/c1-5-11-8(13-17-5)9(14)12-7-3-2-6(4-7)10(15)16/h6-7H,2-4H2,1H3,(H,12,14)(H,15,16)/t6-,7+/m1/s1. The van der Waals surface area contributed by atoms with E-state index in [0.717, 1.165) is 0 Å². The molecule has 0 saturated heterocycles. The molecule has 0 aliphatic heterocycles. The van der Waals surface area contributed by atoms with Crippen molar-refractivity contribution < 1.29 is 19.2 Å². The summed E-state index contributed by atoms with van der Waals surface area (Å²) >= 11 is 0. The third-order valence-electron chi connectivity index (χ3n) is 2.85. The fourth-order valence-electron chi connectivity index (χ4n) is 1.98. The second kappa shape index (κ2) is 4.52. The number of carboxylic acids is 1. The van der Waals surface area contributed by atoms with Crippen LogP contribution >= 0.6 is 0 Å². The number of nitrogens with one attached hydrogen (secondary N) is 1. The number of carbonyl (C=O) groups is 2. The maximum Gasteiger partial charge on any atom is 0.306 e. The minimum Gasteiger partial charge on any atom is -0.481 e. The van der Waals surface area contributed by atoms with Crippen LogP contribution in [-0.2, 0) is 4.79 Å². The van der Waals surface area contributed by atoms with Gasteiger partial charge in [-0.3, -0.25) is 9.59 Å². The van der Waals surface area contributed by atoms with E-state index in [4.69, 9.17) is 9.63 Å². The number of nitrogens with zero attached hydrogens (tertiary/aromatic N) is 2. The topological polar surface area (TPSA) is 105 Å². The van der Waals surface area contributed by atoms with Crippen LogP contribution in [0.3, 0.4) is 0 Å². The Morgan fingerprint density at radius 2 is 2.24 bits per heavy atom. The van der Waals surface area contributed by atoms with E-state index >= 15 is 0 Å². The lowest BCUT2D eigenvalue weighted by molar-refractivity contribution is -0.141. The molecule has 2 atom stereocenters. The molecule has 1 saturated carbocycles. The van der Waals surface area contributed by atoms with E-state index in [9.17, 15) is 9.59 Å². The zero-order chi connectivity index (χ0) is 12.4. The lowest BCUT2D eigenvalue weighted by Crippen LogP contribution is -2.34. The molecule has 1 aromatic heterocycles. The van der Waals surface area contributed by atoms with Crippen LogP contribution in [0.1, 0.15) is 35.8 Å². The zero-order valence-corrected chi connectivity index (χ0v) is 9.34. The molecule has 0 radical (unpaired) electrons. The summed E-state index contributed by atoms with van der Waals surface area (Å²) in [6, 6.07) is -0.123. The molecule has 1 aromatic rings. The molecule has 1 heterocycles. The van der Waals surface area contributed by atoms with Crippen molar-refractivity contribution in [1.82, 2.24) is 15.5 Å². The Morgan fingerprint density at radius 1 is 1.47 bits per heavy atom. The minimum atomic E-state index is -0.808. The number of aryl methyl sites for hydroxylation is 1. The molecule has 7 heteroatoms. The Bertz CT molecular complexity index is 443. The van der Waals surface area contributed by atoms with Gasteiger partial charge in [0.2, 0.25) is 5.89 Å². The second-order valence-electron chi connectivity index (χ2n) is 4.16. The third kappa shape index (κ3) is 2.61. The zero-order valence-electron chi connectivity index (χ0n) is 9.34. The molecular formula is C10H13N3O4. The molecule has 0 spiro atoms. The first-order chi connectivity index (χ1) is 8.06. The highest BCUT2D eigenvalue weighted by Crippen LogP contribution is 2.25. The Balaban J connectivity index is 1.90. The molecular weight excluding hydrogens is 226 g/mol. The van der Waals surface area contributed by atoms with Crippen molar-refractivity contribution in [2.24, 2.45) is 5.92 Å².